The van der Waals surface area contributed by atoms with Crippen LogP contribution in [0.4, 0.5) is 14.6 Å². The Bertz CT molecular complexity index is 316. The number of hydrogen-bond acceptors (Lipinski definition) is 4. The topological polar surface area (TPSA) is 41.1 Å². The SMILES string of the molecule is CCCNCc1cnc(N(C)CC(F)F)cn1. The van der Waals surface area contributed by atoms with E-state index in [1.807, 2.05) is 0 Å². The quantitative estimate of drug-likeness (QED) is 0.741. The number of nitrogens with one attached hydrogen (secondary N) is 1. The van der Waals surface area contributed by atoms with Crippen molar-refractivity contribution in [1.29, 1.82) is 0 Å². The average molecular weight is 244 g/mol. The van der Waals surface area contributed by atoms with Crippen LogP contribution in [0.3, 0.4) is 0 Å². The van der Waals surface area contributed by atoms with E-state index in [4.69, 9.17) is 0 Å². The van der Waals surface area contributed by atoms with Crippen molar-refractivity contribution in [3.63, 3.8) is 0 Å². The zero-order valence-electron chi connectivity index (χ0n) is 10.2. The predicted molar refractivity (Wildman–Crippen MR) is 63.3 cm³/mol. The Balaban J connectivity index is 2.49. The Kier molecular flexibility index (Phi) is 5.76. The van der Waals surface area contributed by atoms with E-state index < -0.39 is 6.43 Å². The van der Waals surface area contributed by atoms with Crippen LogP contribution < -0.4 is 10.2 Å². The fraction of sp³-hybridized carbons (Fsp3) is 0.636. The fourth-order valence-electron chi connectivity index (χ4n) is 1.33. The number of anilines is 1. The van der Waals surface area contributed by atoms with Gasteiger partial charge in [0.25, 0.3) is 6.43 Å². The summed E-state index contributed by atoms with van der Waals surface area (Å²) in [6.07, 6.45) is 1.82. The van der Waals surface area contributed by atoms with Gasteiger partial charge in [0.15, 0.2) is 0 Å². The van der Waals surface area contributed by atoms with Gasteiger partial charge in [0.2, 0.25) is 0 Å². The molecule has 0 aromatic carbocycles. The van der Waals surface area contributed by atoms with Crippen molar-refractivity contribution in [1.82, 2.24) is 15.3 Å². The summed E-state index contributed by atoms with van der Waals surface area (Å²) in [6, 6.07) is 0. The molecule has 0 atom stereocenters. The first-order valence-corrected chi connectivity index (χ1v) is 5.64. The molecule has 1 heterocycles. The Hall–Kier alpha value is -1.30. The highest BCUT2D eigenvalue weighted by molar-refractivity contribution is 5.34. The Labute approximate surface area is 100 Å². The third-order valence-electron chi connectivity index (χ3n) is 2.23. The van der Waals surface area contributed by atoms with Gasteiger partial charge in [-0.3, -0.25) is 4.98 Å². The van der Waals surface area contributed by atoms with E-state index in [9.17, 15) is 8.78 Å². The first kappa shape index (κ1) is 13.8. The van der Waals surface area contributed by atoms with E-state index in [-0.39, 0.29) is 6.54 Å². The summed E-state index contributed by atoms with van der Waals surface area (Å²) in [5, 5.41) is 3.20. The van der Waals surface area contributed by atoms with E-state index in [2.05, 4.69) is 22.2 Å². The molecule has 1 N–H and O–H groups in total. The minimum Gasteiger partial charge on any atom is -0.353 e. The van der Waals surface area contributed by atoms with Crippen LogP contribution in [0.2, 0.25) is 0 Å². The van der Waals surface area contributed by atoms with Crippen LogP contribution in [0.1, 0.15) is 19.0 Å². The molecule has 0 saturated carbocycles. The van der Waals surface area contributed by atoms with E-state index >= 15 is 0 Å². The normalized spacial score (nSPS) is 10.9. The Morgan fingerprint density at radius 1 is 1.35 bits per heavy atom. The molecule has 6 heteroatoms. The molecule has 0 bridgehead atoms. The van der Waals surface area contributed by atoms with Gasteiger partial charge in [0, 0.05) is 13.6 Å². The third kappa shape index (κ3) is 5.04. The van der Waals surface area contributed by atoms with Crippen molar-refractivity contribution in [3.05, 3.63) is 18.1 Å². The van der Waals surface area contributed by atoms with Gasteiger partial charge in [-0.25, -0.2) is 13.8 Å². The van der Waals surface area contributed by atoms with Crippen LogP contribution in [-0.4, -0.2) is 36.5 Å². The summed E-state index contributed by atoms with van der Waals surface area (Å²) in [7, 11) is 1.57. The molecule has 96 valence electrons. The lowest BCUT2D eigenvalue weighted by Gasteiger charge is -2.16. The molecule has 17 heavy (non-hydrogen) atoms. The second kappa shape index (κ2) is 7.11. The summed E-state index contributed by atoms with van der Waals surface area (Å²) in [4.78, 5) is 9.66. The molecule has 1 aromatic heterocycles. The third-order valence-corrected chi connectivity index (χ3v) is 2.23. The molecule has 0 spiro atoms. The van der Waals surface area contributed by atoms with Crippen molar-refractivity contribution in [2.45, 2.75) is 26.3 Å². The fourth-order valence-corrected chi connectivity index (χ4v) is 1.33. The molecule has 0 unspecified atom stereocenters. The lowest BCUT2D eigenvalue weighted by atomic mass is 10.4. The molecular weight excluding hydrogens is 226 g/mol. The minimum absolute atomic E-state index is 0.331. The first-order valence-electron chi connectivity index (χ1n) is 5.64. The number of rotatable bonds is 7. The maximum Gasteiger partial charge on any atom is 0.255 e. The first-order chi connectivity index (χ1) is 8.13. The van der Waals surface area contributed by atoms with Crippen LogP contribution in [0.25, 0.3) is 0 Å². The maximum atomic E-state index is 12.2. The van der Waals surface area contributed by atoms with Crippen molar-refractivity contribution in [3.8, 4) is 0 Å². The summed E-state index contributed by atoms with van der Waals surface area (Å²) >= 11 is 0. The molecule has 0 radical (unpaired) electrons. The Morgan fingerprint density at radius 3 is 2.65 bits per heavy atom. The standard InChI is InChI=1S/C11H18F2N4/c1-3-4-14-5-9-6-16-11(7-15-9)17(2)8-10(12)13/h6-7,10,14H,3-5,8H2,1-2H3. The molecule has 1 aromatic rings. The van der Waals surface area contributed by atoms with Gasteiger partial charge in [-0.2, -0.15) is 0 Å². The number of nitrogens with zero attached hydrogens (tertiary/aromatic N) is 3. The van der Waals surface area contributed by atoms with Crippen LogP contribution >= 0.6 is 0 Å². The zero-order valence-corrected chi connectivity index (χ0v) is 10.2. The van der Waals surface area contributed by atoms with Crippen LogP contribution in [0, 0.1) is 0 Å². The van der Waals surface area contributed by atoms with Gasteiger partial charge in [-0.1, -0.05) is 6.92 Å². The lowest BCUT2D eigenvalue weighted by Crippen LogP contribution is -2.25. The average Bonchev–Trinajstić information content (AvgIpc) is 2.29. The monoisotopic (exact) mass is 244 g/mol. The highest BCUT2D eigenvalue weighted by Gasteiger charge is 2.09. The van der Waals surface area contributed by atoms with E-state index in [0.29, 0.717) is 12.4 Å². The van der Waals surface area contributed by atoms with Crippen molar-refractivity contribution in [2.24, 2.45) is 0 Å². The molecule has 0 aliphatic rings. The molecule has 0 aliphatic carbocycles. The van der Waals surface area contributed by atoms with Gasteiger partial charge in [0.1, 0.15) is 5.82 Å². The number of halogens is 2. The van der Waals surface area contributed by atoms with Gasteiger partial charge >= 0.3 is 0 Å². The minimum atomic E-state index is -2.37. The second-order valence-electron chi connectivity index (χ2n) is 3.81. The van der Waals surface area contributed by atoms with Gasteiger partial charge < -0.3 is 10.2 Å². The van der Waals surface area contributed by atoms with Crippen LogP contribution in [0.15, 0.2) is 12.4 Å². The highest BCUT2D eigenvalue weighted by atomic mass is 19.3. The van der Waals surface area contributed by atoms with E-state index in [1.165, 1.54) is 11.1 Å². The number of hydrogen-bond donors (Lipinski definition) is 1. The lowest BCUT2D eigenvalue weighted by molar-refractivity contribution is 0.156. The van der Waals surface area contributed by atoms with Crippen LogP contribution in [-0.2, 0) is 6.54 Å². The smallest absolute Gasteiger partial charge is 0.255 e. The van der Waals surface area contributed by atoms with Crippen molar-refractivity contribution < 1.29 is 8.78 Å². The highest BCUT2D eigenvalue weighted by Crippen LogP contribution is 2.08. The summed E-state index contributed by atoms with van der Waals surface area (Å²) in [5.41, 5.74) is 0.813. The molecule has 0 amide bonds. The maximum absolute atomic E-state index is 12.2. The molecule has 0 aliphatic heterocycles. The van der Waals surface area contributed by atoms with Crippen molar-refractivity contribution in [2.75, 3.05) is 25.0 Å². The summed E-state index contributed by atoms with van der Waals surface area (Å²) in [5.74, 6) is 0.463. The number of aromatic nitrogens is 2. The van der Waals surface area contributed by atoms with Crippen molar-refractivity contribution >= 4 is 5.82 Å². The zero-order chi connectivity index (χ0) is 12.7. The Morgan fingerprint density at radius 2 is 2.12 bits per heavy atom. The van der Waals surface area contributed by atoms with Gasteiger partial charge in [-0.15, -0.1) is 0 Å². The summed E-state index contributed by atoms with van der Waals surface area (Å²) in [6.45, 7) is 3.33. The second-order valence-corrected chi connectivity index (χ2v) is 3.81. The van der Waals surface area contributed by atoms with Crippen LogP contribution in [0.5, 0.6) is 0 Å². The van der Waals surface area contributed by atoms with E-state index in [1.54, 1.807) is 13.2 Å². The largest absolute Gasteiger partial charge is 0.353 e. The molecular formula is C11H18F2N4. The van der Waals surface area contributed by atoms with Gasteiger partial charge in [-0.05, 0) is 13.0 Å². The molecule has 1 rings (SSSR count). The molecule has 4 nitrogen and oxygen atoms in total. The predicted octanol–water partition coefficient (Wildman–Crippen LogP) is 1.68. The van der Waals surface area contributed by atoms with E-state index in [0.717, 1.165) is 18.7 Å². The molecule has 0 saturated heterocycles. The van der Waals surface area contributed by atoms with Gasteiger partial charge in [0.05, 0.1) is 24.6 Å². The molecule has 0 fully saturated rings. The number of alkyl halides is 2. The summed E-state index contributed by atoms with van der Waals surface area (Å²) < 4.78 is 24.3.